The number of aliphatic hydroxyl groups is 1. The number of hydrogen-bond acceptors (Lipinski definition) is 2. The molecule has 12 heavy (non-hydrogen) atoms. The molecule has 0 bridgehead atoms. The molecule has 1 atom stereocenters. The molecule has 0 rings (SSSR count). The molecule has 0 aliphatic carbocycles. The van der Waals surface area contributed by atoms with Crippen LogP contribution in [0.15, 0.2) is 0 Å². The average molecular weight is 250 g/mol. The minimum Gasteiger partial charge on any atom is -0.383 e. The summed E-state index contributed by atoms with van der Waals surface area (Å²) in [5.74, 6) is -1.43. The predicted molar refractivity (Wildman–Crippen MR) is 38.6 cm³/mol. The number of hydrogen-bond donors (Lipinski definition) is 2. The maximum Gasteiger partial charge on any atom is 0.484 e. The molecule has 0 spiro atoms. The zero-order valence-electron chi connectivity index (χ0n) is 5.86. The molecule has 0 fully saturated rings. The van der Waals surface area contributed by atoms with Gasteiger partial charge in [0, 0.05) is 5.33 Å². The Morgan fingerprint density at radius 2 is 2.08 bits per heavy atom. The Bertz CT molecular complexity index is 161. The highest BCUT2D eigenvalue weighted by molar-refractivity contribution is 9.09. The van der Waals surface area contributed by atoms with Crippen molar-refractivity contribution in [1.82, 2.24) is 5.32 Å². The summed E-state index contributed by atoms with van der Waals surface area (Å²) >= 11 is 2.88. The van der Waals surface area contributed by atoms with Crippen LogP contribution in [0.5, 0.6) is 0 Å². The number of nitrogens with one attached hydrogen (secondary N) is 1. The number of carbonyl (C=O) groups is 1. The van der Waals surface area contributed by atoms with Crippen LogP contribution in [0.3, 0.4) is 0 Å². The average Bonchev–Trinajstić information content (AvgIpc) is 1.84. The number of carbonyl (C=O) groups excluding carboxylic acids is 1. The van der Waals surface area contributed by atoms with Crippen LogP contribution < -0.4 is 5.32 Å². The maximum atomic E-state index is 11.5. The first-order valence-electron chi connectivity index (χ1n) is 2.99. The first-order valence-corrected chi connectivity index (χ1v) is 4.11. The van der Waals surface area contributed by atoms with Gasteiger partial charge in [-0.25, -0.2) is 0 Å². The van der Waals surface area contributed by atoms with E-state index in [1.54, 1.807) is 0 Å². The Labute approximate surface area is 75.1 Å². The van der Waals surface area contributed by atoms with E-state index in [1.165, 1.54) is 0 Å². The van der Waals surface area contributed by atoms with Gasteiger partial charge in [-0.15, -0.1) is 0 Å². The normalized spacial score (nSPS) is 14.1. The summed E-state index contributed by atoms with van der Waals surface area (Å²) in [5, 5.41) is 9.70. The number of alkyl halides is 4. The lowest BCUT2D eigenvalue weighted by molar-refractivity contribution is -0.174. The van der Waals surface area contributed by atoms with Crippen molar-refractivity contribution in [2.75, 3.05) is 5.33 Å². The van der Waals surface area contributed by atoms with Gasteiger partial charge in [-0.05, 0) is 6.42 Å². The van der Waals surface area contributed by atoms with E-state index in [0.29, 0.717) is 5.32 Å². The van der Waals surface area contributed by atoms with Gasteiger partial charge >= 0.3 is 6.30 Å². The third-order valence-corrected chi connectivity index (χ3v) is 1.41. The lowest BCUT2D eigenvalue weighted by Gasteiger charge is -2.11. The topological polar surface area (TPSA) is 49.3 Å². The third kappa shape index (κ3) is 5.36. The first-order chi connectivity index (χ1) is 5.37. The zero-order valence-corrected chi connectivity index (χ0v) is 7.44. The van der Waals surface area contributed by atoms with Gasteiger partial charge < -0.3 is 5.11 Å². The van der Waals surface area contributed by atoms with E-state index in [4.69, 9.17) is 5.11 Å². The van der Waals surface area contributed by atoms with E-state index in [2.05, 4.69) is 15.9 Å². The molecule has 7 heteroatoms. The second kappa shape index (κ2) is 4.66. The maximum absolute atomic E-state index is 11.5. The van der Waals surface area contributed by atoms with E-state index in [1.807, 2.05) is 0 Å². The molecule has 0 heterocycles. The summed E-state index contributed by atoms with van der Waals surface area (Å²) < 4.78 is 34.4. The second-order valence-corrected chi connectivity index (χ2v) is 2.77. The highest BCUT2D eigenvalue weighted by atomic mass is 79.9. The molecule has 0 aromatic rings. The summed E-state index contributed by atoms with van der Waals surface area (Å²) in [7, 11) is 0. The molecule has 1 amide bonds. The van der Waals surface area contributed by atoms with E-state index in [9.17, 15) is 18.0 Å². The molecule has 72 valence electrons. The van der Waals surface area contributed by atoms with Gasteiger partial charge in [-0.2, -0.15) is 13.2 Å². The monoisotopic (exact) mass is 249 g/mol. The van der Waals surface area contributed by atoms with E-state index < -0.39 is 18.3 Å². The first kappa shape index (κ1) is 11.7. The van der Waals surface area contributed by atoms with Crippen LogP contribution in [0.2, 0.25) is 0 Å². The van der Waals surface area contributed by atoms with Gasteiger partial charge in [0.2, 0.25) is 0 Å². The summed E-state index contributed by atoms with van der Waals surface area (Å²) in [5.41, 5.74) is 0. The van der Waals surface area contributed by atoms with Gasteiger partial charge in [0.1, 0.15) is 6.10 Å². The number of aliphatic hydroxyl groups excluding tert-OH is 1. The third-order valence-electron chi connectivity index (χ3n) is 0.950. The fourth-order valence-electron chi connectivity index (χ4n) is 0.457. The number of amides is 1. The molecule has 2 N–H and O–H groups in total. The Balaban J connectivity index is 3.87. The van der Waals surface area contributed by atoms with Crippen LogP contribution in [0, 0.1) is 0 Å². The van der Waals surface area contributed by atoms with Crippen LogP contribution in [0.4, 0.5) is 13.2 Å². The van der Waals surface area contributed by atoms with Gasteiger partial charge in [0.15, 0.2) is 0 Å². The Hall–Kier alpha value is -0.300. The van der Waals surface area contributed by atoms with E-state index >= 15 is 0 Å². The quantitative estimate of drug-likeness (QED) is 0.574. The summed E-state index contributed by atoms with van der Waals surface area (Å²) in [6.45, 7) is 0. The summed E-state index contributed by atoms with van der Waals surface area (Å²) in [6, 6.07) is 0. The molecule has 0 radical (unpaired) electrons. The molecule has 0 aliphatic rings. The minimum absolute atomic E-state index is 0.0537. The smallest absolute Gasteiger partial charge is 0.383 e. The number of halogens is 4. The van der Waals surface area contributed by atoms with Gasteiger partial charge in [0.25, 0.3) is 5.91 Å². The van der Waals surface area contributed by atoms with Gasteiger partial charge in [0.05, 0.1) is 0 Å². The van der Waals surface area contributed by atoms with Crippen molar-refractivity contribution in [2.24, 2.45) is 0 Å². The molecule has 1 unspecified atom stereocenters. The van der Waals surface area contributed by atoms with Crippen LogP contribution in [0.25, 0.3) is 0 Å². The van der Waals surface area contributed by atoms with Crippen molar-refractivity contribution in [1.29, 1.82) is 0 Å². The Morgan fingerprint density at radius 1 is 1.58 bits per heavy atom. The fraction of sp³-hybridized carbons (Fsp3) is 0.800. The fourth-order valence-corrected chi connectivity index (χ4v) is 0.891. The highest BCUT2D eigenvalue weighted by Gasteiger charge is 2.32. The highest BCUT2D eigenvalue weighted by Crippen LogP contribution is 2.10. The minimum atomic E-state index is -4.77. The van der Waals surface area contributed by atoms with Gasteiger partial charge in [-0.1, -0.05) is 15.9 Å². The van der Waals surface area contributed by atoms with Crippen molar-refractivity contribution < 1.29 is 23.1 Å². The van der Waals surface area contributed by atoms with Crippen molar-refractivity contribution in [3.63, 3.8) is 0 Å². The Kier molecular flexibility index (Phi) is 4.54. The van der Waals surface area contributed by atoms with Crippen LogP contribution >= 0.6 is 15.9 Å². The van der Waals surface area contributed by atoms with Crippen LogP contribution in [-0.2, 0) is 4.79 Å². The van der Waals surface area contributed by atoms with E-state index in [0.717, 1.165) is 0 Å². The molecular formula is C5H7BrF3NO2. The molecule has 0 aliphatic heterocycles. The SMILES string of the molecule is O=C(NC(F)(F)F)C(O)CCBr. The molecule has 0 aromatic heterocycles. The molecule has 0 saturated carbocycles. The lowest BCUT2D eigenvalue weighted by atomic mass is 10.3. The predicted octanol–water partition coefficient (Wildman–Crippen LogP) is 0.768. The van der Waals surface area contributed by atoms with Crippen molar-refractivity contribution >= 4 is 21.8 Å². The molecule has 0 aromatic carbocycles. The van der Waals surface area contributed by atoms with Crippen molar-refractivity contribution in [2.45, 2.75) is 18.8 Å². The second-order valence-electron chi connectivity index (χ2n) is 1.98. The summed E-state index contributed by atoms with van der Waals surface area (Å²) in [6.07, 6.45) is -6.45. The van der Waals surface area contributed by atoms with Crippen molar-refractivity contribution in [3.05, 3.63) is 0 Å². The van der Waals surface area contributed by atoms with E-state index in [-0.39, 0.29) is 11.8 Å². The number of rotatable bonds is 3. The molecule has 3 nitrogen and oxygen atoms in total. The van der Waals surface area contributed by atoms with Crippen molar-refractivity contribution in [3.8, 4) is 0 Å². The summed E-state index contributed by atoms with van der Waals surface area (Å²) in [4.78, 5) is 10.4. The van der Waals surface area contributed by atoms with Crippen LogP contribution in [-0.4, -0.2) is 28.7 Å². The van der Waals surface area contributed by atoms with Gasteiger partial charge in [-0.3, -0.25) is 10.1 Å². The lowest BCUT2D eigenvalue weighted by Crippen LogP contribution is -2.43. The van der Waals surface area contributed by atoms with Crippen LogP contribution in [0.1, 0.15) is 6.42 Å². The molecule has 0 saturated heterocycles. The largest absolute Gasteiger partial charge is 0.484 e. The zero-order chi connectivity index (χ0) is 9.78. The molecular weight excluding hydrogens is 243 g/mol. The Morgan fingerprint density at radius 3 is 2.42 bits per heavy atom. The standard InChI is InChI=1S/C5H7BrF3NO2/c6-2-1-3(11)4(12)10-5(7,8)9/h3,11H,1-2H2,(H,10,12).